The molecule has 2 aliphatic rings. The molecule has 5 heteroatoms. The minimum Gasteiger partial charge on any atom is -0.339 e. The third-order valence-corrected chi connectivity index (χ3v) is 5.84. The molecular weight excluding hydrogens is 316 g/mol. The van der Waals surface area contributed by atoms with Gasteiger partial charge in [0.1, 0.15) is 0 Å². The van der Waals surface area contributed by atoms with Crippen LogP contribution in [0, 0.1) is 0 Å². The molecule has 124 valence electrons. The van der Waals surface area contributed by atoms with Crippen LogP contribution in [0.25, 0.3) is 0 Å². The molecule has 2 heterocycles. The molecule has 0 aromatic carbocycles. The number of rotatable bonds is 4. The summed E-state index contributed by atoms with van der Waals surface area (Å²) in [5.41, 5.74) is 1.33. The fourth-order valence-corrected chi connectivity index (χ4v) is 4.76. The number of fused-ring (bicyclic) bond motifs is 1. The lowest BCUT2D eigenvalue weighted by Gasteiger charge is -2.37. The van der Waals surface area contributed by atoms with E-state index in [1.807, 2.05) is 11.3 Å². The fraction of sp³-hybridized carbons (Fsp3) is 0.706. The van der Waals surface area contributed by atoms with E-state index in [9.17, 15) is 4.79 Å². The van der Waals surface area contributed by atoms with Crippen molar-refractivity contribution in [2.75, 3.05) is 19.6 Å². The van der Waals surface area contributed by atoms with Crippen molar-refractivity contribution in [3.05, 3.63) is 21.9 Å². The average molecular weight is 343 g/mol. The summed E-state index contributed by atoms with van der Waals surface area (Å²) in [5, 5.41) is 5.56. The van der Waals surface area contributed by atoms with Crippen LogP contribution in [0.1, 0.15) is 55.4 Å². The zero-order chi connectivity index (χ0) is 14.7. The van der Waals surface area contributed by atoms with Gasteiger partial charge in [-0.1, -0.05) is 6.92 Å². The average Bonchev–Trinajstić information content (AvgIpc) is 3.01. The highest BCUT2D eigenvalue weighted by Gasteiger charge is 2.33. The van der Waals surface area contributed by atoms with Gasteiger partial charge in [-0.2, -0.15) is 0 Å². The minimum atomic E-state index is 0. The SMILES string of the molecule is CCCN(C(=O)C1CCCc2sccc21)C1CCNCC1.Cl. The summed E-state index contributed by atoms with van der Waals surface area (Å²) in [6.07, 6.45) is 6.63. The van der Waals surface area contributed by atoms with E-state index in [1.165, 1.54) is 10.4 Å². The standard InChI is InChI=1S/C17H26N2OS.ClH/c1-2-11-19(13-6-9-18-10-7-13)17(20)15-4-3-5-16-14(15)8-12-21-16;/h8,12-13,15,18H,2-7,9-11H2,1H3;1H. The number of aryl methyl sites for hydroxylation is 1. The van der Waals surface area contributed by atoms with Gasteiger partial charge in [-0.25, -0.2) is 0 Å². The van der Waals surface area contributed by atoms with Gasteiger partial charge in [-0.05, 0) is 68.6 Å². The topological polar surface area (TPSA) is 32.3 Å². The van der Waals surface area contributed by atoms with Gasteiger partial charge in [0.25, 0.3) is 0 Å². The highest BCUT2D eigenvalue weighted by Crippen LogP contribution is 2.36. The predicted molar refractivity (Wildman–Crippen MR) is 95.1 cm³/mol. The van der Waals surface area contributed by atoms with Crippen LogP contribution in [0.3, 0.4) is 0 Å². The van der Waals surface area contributed by atoms with Crippen molar-refractivity contribution in [3.8, 4) is 0 Å². The molecule has 0 saturated carbocycles. The van der Waals surface area contributed by atoms with Crippen LogP contribution in [0.4, 0.5) is 0 Å². The monoisotopic (exact) mass is 342 g/mol. The van der Waals surface area contributed by atoms with E-state index in [4.69, 9.17) is 0 Å². The molecular formula is C17H27ClN2OS. The second kappa shape index (κ2) is 8.32. The van der Waals surface area contributed by atoms with E-state index in [1.54, 1.807) is 0 Å². The van der Waals surface area contributed by atoms with E-state index in [0.717, 1.165) is 58.2 Å². The fourth-order valence-electron chi connectivity index (χ4n) is 3.78. The summed E-state index contributed by atoms with van der Waals surface area (Å²) < 4.78 is 0. The summed E-state index contributed by atoms with van der Waals surface area (Å²) in [5.74, 6) is 0.518. The Bertz CT molecular complexity index is 485. The Morgan fingerprint density at radius 2 is 2.14 bits per heavy atom. The van der Waals surface area contributed by atoms with E-state index in [0.29, 0.717) is 11.9 Å². The number of piperidine rings is 1. The molecule has 3 nitrogen and oxygen atoms in total. The first-order valence-corrected chi connectivity index (χ1v) is 9.26. The molecule has 0 radical (unpaired) electrons. The van der Waals surface area contributed by atoms with Crippen molar-refractivity contribution < 1.29 is 4.79 Å². The van der Waals surface area contributed by atoms with Crippen molar-refractivity contribution in [2.24, 2.45) is 0 Å². The van der Waals surface area contributed by atoms with E-state index in [-0.39, 0.29) is 18.3 Å². The molecule has 0 spiro atoms. The summed E-state index contributed by atoms with van der Waals surface area (Å²) in [4.78, 5) is 16.8. The first kappa shape index (κ1) is 17.8. The maximum Gasteiger partial charge on any atom is 0.230 e. The second-order valence-electron chi connectivity index (χ2n) is 6.26. The smallest absolute Gasteiger partial charge is 0.230 e. The lowest BCUT2D eigenvalue weighted by Crippen LogP contribution is -2.48. The van der Waals surface area contributed by atoms with Gasteiger partial charge in [-0.15, -0.1) is 23.7 Å². The summed E-state index contributed by atoms with van der Waals surface area (Å²) in [6, 6.07) is 2.64. The third kappa shape index (κ3) is 3.66. The molecule has 1 aliphatic heterocycles. The van der Waals surface area contributed by atoms with E-state index < -0.39 is 0 Å². The number of carbonyl (C=O) groups excluding carboxylic acids is 1. The maximum absolute atomic E-state index is 13.2. The summed E-state index contributed by atoms with van der Waals surface area (Å²) in [7, 11) is 0. The normalized spacial score (nSPS) is 21.8. The number of nitrogens with one attached hydrogen (secondary N) is 1. The Kier molecular flexibility index (Phi) is 6.72. The minimum absolute atomic E-state index is 0. The Morgan fingerprint density at radius 3 is 2.86 bits per heavy atom. The van der Waals surface area contributed by atoms with Crippen molar-refractivity contribution in [2.45, 2.75) is 57.4 Å². The van der Waals surface area contributed by atoms with Crippen LogP contribution < -0.4 is 5.32 Å². The highest BCUT2D eigenvalue weighted by molar-refractivity contribution is 7.10. The van der Waals surface area contributed by atoms with Crippen LogP contribution in [0.2, 0.25) is 0 Å². The lowest BCUT2D eigenvalue weighted by atomic mass is 9.86. The van der Waals surface area contributed by atoms with Gasteiger partial charge in [0.2, 0.25) is 5.91 Å². The quantitative estimate of drug-likeness (QED) is 0.907. The second-order valence-corrected chi connectivity index (χ2v) is 7.26. The van der Waals surface area contributed by atoms with Crippen LogP contribution >= 0.6 is 23.7 Å². The zero-order valence-corrected chi connectivity index (χ0v) is 15.0. The molecule has 3 rings (SSSR count). The third-order valence-electron chi connectivity index (χ3n) is 4.85. The van der Waals surface area contributed by atoms with E-state index >= 15 is 0 Å². The zero-order valence-electron chi connectivity index (χ0n) is 13.3. The lowest BCUT2D eigenvalue weighted by molar-refractivity contribution is -0.136. The number of halogens is 1. The van der Waals surface area contributed by atoms with Crippen LogP contribution in [-0.4, -0.2) is 36.5 Å². The maximum atomic E-state index is 13.2. The van der Waals surface area contributed by atoms with Gasteiger partial charge < -0.3 is 10.2 Å². The number of hydrogen-bond acceptors (Lipinski definition) is 3. The predicted octanol–water partition coefficient (Wildman–Crippen LogP) is 3.58. The number of hydrogen-bond donors (Lipinski definition) is 1. The molecule has 1 saturated heterocycles. The largest absolute Gasteiger partial charge is 0.339 e. The molecule has 1 aromatic heterocycles. The number of nitrogens with zero attached hydrogens (tertiary/aromatic N) is 1. The Morgan fingerprint density at radius 1 is 1.36 bits per heavy atom. The van der Waals surface area contributed by atoms with Crippen molar-refractivity contribution >= 4 is 29.7 Å². The number of amides is 1. The Labute approximate surface area is 143 Å². The van der Waals surface area contributed by atoms with Gasteiger partial charge >= 0.3 is 0 Å². The first-order chi connectivity index (χ1) is 10.3. The molecule has 1 aromatic rings. The Balaban J connectivity index is 0.00000176. The molecule has 0 bridgehead atoms. The van der Waals surface area contributed by atoms with Gasteiger partial charge in [0.15, 0.2) is 0 Å². The van der Waals surface area contributed by atoms with Crippen molar-refractivity contribution in [1.82, 2.24) is 10.2 Å². The van der Waals surface area contributed by atoms with Crippen LogP contribution in [0.15, 0.2) is 11.4 Å². The molecule has 1 amide bonds. The summed E-state index contributed by atoms with van der Waals surface area (Å²) >= 11 is 1.83. The summed E-state index contributed by atoms with van der Waals surface area (Å²) in [6.45, 7) is 5.19. The number of carbonyl (C=O) groups is 1. The number of thiophene rings is 1. The highest BCUT2D eigenvalue weighted by atomic mass is 35.5. The van der Waals surface area contributed by atoms with Gasteiger partial charge in [0.05, 0.1) is 5.92 Å². The molecule has 1 fully saturated rings. The van der Waals surface area contributed by atoms with Crippen molar-refractivity contribution in [3.63, 3.8) is 0 Å². The Hall–Kier alpha value is -0.580. The van der Waals surface area contributed by atoms with Crippen LogP contribution in [0.5, 0.6) is 0 Å². The van der Waals surface area contributed by atoms with Gasteiger partial charge in [0, 0.05) is 17.5 Å². The first-order valence-electron chi connectivity index (χ1n) is 8.38. The molecule has 1 unspecified atom stereocenters. The van der Waals surface area contributed by atoms with Crippen molar-refractivity contribution in [1.29, 1.82) is 0 Å². The van der Waals surface area contributed by atoms with E-state index in [2.05, 4.69) is 28.6 Å². The molecule has 22 heavy (non-hydrogen) atoms. The molecule has 1 aliphatic carbocycles. The molecule has 1 N–H and O–H groups in total. The van der Waals surface area contributed by atoms with Crippen LogP contribution in [-0.2, 0) is 11.2 Å². The molecule has 1 atom stereocenters. The van der Waals surface area contributed by atoms with Gasteiger partial charge in [-0.3, -0.25) is 4.79 Å².